The molecule has 0 saturated carbocycles. The molecule has 0 aromatic heterocycles. The minimum atomic E-state index is -1.33. The van der Waals surface area contributed by atoms with Gasteiger partial charge in [0.15, 0.2) is 0 Å². The fourth-order valence-electron chi connectivity index (χ4n) is 5.78. The van der Waals surface area contributed by atoms with Gasteiger partial charge >= 0.3 is 0 Å². The first-order valence-corrected chi connectivity index (χ1v) is 17.7. The van der Waals surface area contributed by atoms with E-state index in [1.54, 1.807) is 30.3 Å². The van der Waals surface area contributed by atoms with Crippen LogP contribution in [0.5, 0.6) is 0 Å². The molecule has 0 radical (unpaired) electrons. The summed E-state index contributed by atoms with van der Waals surface area (Å²) in [4.78, 5) is 92.3. The van der Waals surface area contributed by atoms with Crippen LogP contribution in [0.4, 0.5) is 0 Å². The average molecular weight is 721 g/mol. The third kappa shape index (κ3) is 14.1. The van der Waals surface area contributed by atoms with Gasteiger partial charge in [0.25, 0.3) is 0 Å². The van der Waals surface area contributed by atoms with Gasteiger partial charge in [0.05, 0.1) is 13.0 Å². The number of carbonyl (C=O) groups excluding carboxylic acids is 7. The lowest BCUT2D eigenvalue weighted by atomic mass is 9.99. The van der Waals surface area contributed by atoms with Crippen molar-refractivity contribution in [1.29, 1.82) is 0 Å². The van der Waals surface area contributed by atoms with Crippen LogP contribution in [0.2, 0.25) is 0 Å². The summed E-state index contributed by atoms with van der Waals surface area (Å²) < 4.78 is 0. The van der Waals surface area contributed by atoms with E-state index in [1.807, 2.05) is 44.2 Å². The Bertz CT molecular complexity index is 1520. The molecule has 282 valence electrons. The van der Waals surface area contributed by atoms with Crippen LogP contribution in [-0.2, 0) is 46.4 Å². The lowest BCUT2D eigenvalue weighted by Crippen LogP contribution is -2.59. The standard InChI is InChI=1S/C37H52N8O7/c1-23(2)19-29-36(51)45-30(20-25-13-7-4-8-14-25)37(52)43-28(33(39)48)21-31(46)40-18-10-9-15-26(34(49)44-29)42-35(50)27(41-32(47)22-38)17-16-24-11-5-3-6-12-24/h3-8,11-14,23,26-30H,9-10,15-22,38H2,1-2H3,(H2,39,48)(H,40,46)(H,41,47)(H,42,50)(H,43,52)(H,44,49)(H,45,51)/t26-,27+,28-,29-,30-/m0/s1. The van der Waals surface area contributed by atoms with Crippen LogP contribution in [0.15, 0.2) is 60.7 Å². The zero-order valence-electron chi connectivity index (χ0n) is 29.8. The number of nitrogens with two attached hydrogens (primary N) is 2. The van der Waals surface area contributed by atoms with Crippen LogP contribution in [0, 0.1) is 5.92 Å². The third-order valence-electron chi connectivity index (χ3n) is 8.58. The molecule has 0 unspecified atom stereocenters. The summed E-state index contributed by atoms with van der Waals surface area (Å²) in [5, 5.41) is 16.1. The van der Waals surface area contributed by atoms with Gasteiger partial charge in [0.2, 0.25) is 41.4 Å². The molecule has 1 heterocycles. The Hall–Kier alpha value is -5.31. The summed E-state index contributed by atoms with van der Waals surface area (Å²) in [7, 11) is 0. The first kappa shape index (κ1) is 41.1. The second kappa shape index (κ2) is 21.1. The van der Waals surface area contributed by atoms with Gasteiger partial charge in [0.1, 0.15) is 30.2 Å². The number of hydrogen-bond donors (Lipinski definition) is 8. The molecule has 0 bridgehead atoms. The van der Waals surface area contributed by atoms with Crippen molar-refractivity contribution in [2.75, 3.05) is 13.1 Å². The van der Waals surface area contributed by atoms with Gasteiger partial charge in [0, 0.05) is 13.0 Å². The zero-order chi connectivity index (χ0) is 38.0. The number of benzene rings is 2. The van der Waals surface area contributed by atoms with Crippen molar-refractivity contribution in [1.82, 2.24) is 31.9 Å². The lowest BCUT2D eigenvalue weighted by Gasteiger charge is -2.27. The van der Waals surface area contributed by atoms with Gasteiger partial charge in [-0.25, -0.2) is 0 Å². The quantitative estimate of drug-likeness (QED) is 0.141. The Morgan fingerprint density at radius 1 is 0.827 bits per heavy atom. The molecule has 2 aromatic rings. The molecule has 52 heavy (non-hydrogen) atoms. The van der Waals surface area contributed by atoms with Crippen molar-refractivity contribution >= 4 is 41.4 Å². The molecule has 7 amide bonds. The van der Waals surface area contributed by atoms with E-state index in [2.05, 4.69) is 31.9 Å². The van der Waals surface area contributed by atoms with Crippen LogP contribution in [0.1, 0.15) is 63.5 Å². The number of aryl methyl sites for hydroxylation is 1. The van der Waals surface area contributed by atoms with Gasteiger partial charge in [-0.05, 0) is 55.6 Å². The topological polar surface area (TPSA) is 244 Å². The largest absolute Gasteiger partial charge is 0.368 e. The predicted molar refractivity (Wildman–Crippen MR) is 194 cm³/mol. The van der Waals surface area contributed by atoms with E-state index in [4.69, 9.17) is 11.5 Å². The molecule has 5 atom stereocenters. The Balaban J connectivity index is 1.91. The Kier molecular flexibility index (Phi) is 16.7. The number of primary amides is 1. The molecule has 3 rings (SSSR count). The highest BCUT2D eigenvalue weighted by Crippen LogP contribution is 2.12. The van der Waals surface area contributed by atoms with Crippen LogP contribution in [0.3, 0.4) is 0 Å². The second-order valence-electron chi connectivity index (χ2n) is 13.4. The van der Waals surface area contributed by atoms with Crippen molar-refractivity contribution < 1.29 is 33.6 Å². The van der Waals surface area contributed by atoms with Crippen LogP contribution in [0.25, 0.3) is 0 Å². The molecule has 15 heteroatoms. The number of amides is 7. The highest BCUT2D eigenvalue weighted by molar-refractivity contribution is 5.97. The molecule has 2 aromatic carbocycles. The number of carbonyl (C=O) groups is 7. The van der Waals surface area contributed by atoms with Crippen molar-refractivity contribution in [2.45, 2.75) is 95.4 Å². The maximum Gasteiger partial charge on any atom is 0.243 e. The number of nitrogens with one attached hydrogen (secondary N) is 6. The summed E-state index contributed by atoms with van der Waals surface area (Å²) in [5.41, 5.74) is 12.7. The summed E-state index contributed by atoms with van der Waals surface area (Å²) >= 11 is 0. The van der Waals surface area contributed by atoms with E-state index in [1.165, 1.54) is 0 Å². The molecule has 10 N–H and O–H groups in total. The fraction of sp³-hybridized carbons (Fsp3) is 0.486. The van der Waals surface area contributed by atoms with Crippen molar-refractivity contribution in [3.63, 3.8) is 0 Å². The first-order valence-electron chi connectivity index (χ1n) is 17.7. The zero-order valence-corrected chi connectivity index (χ0v) is 29.8. The van der Waals surface area contributed by atoms with Gasteiger partial charge in [-0.15, -0.1) is 0 Å². The van der Waals surface area contributed by atoms with Crippen molar-refractivity contribution in [3.8, 4) is 0 Å². The average Bonchev–Trinajstić information content (AvgIpc) is 3.11. The lowest BCUT2D eigenvalue weighted by molar-refractivity contribution is -0.135. The summed E-state index contributed by atoms with van der Waals surface area (Å²) in [6.07, 6.45) is 1.43. The van der Waals surface area contributed by atoms with Gasteiger partial charge in [-0.3, -0.25) is 33.6 Å². The highest BCUT2D eigenvalue weighted by atomic mass is 16.2. The van der Waals surface area contributed by atoms with Gasteiger partial charge < -0.3 is 43.4 Å². The maximum absolute atomic E-state index is 13.9. The Morgan fingerprint density at radius 2 is 1.44 bits per heavy atom. The fourth-order valence-corrected chi connectivity index (χ4v) is 5.78. The summed E-state index contributed by atoms with van der Waals surface area (Å²) in [6.45, 7) is 3.59. The monoisotopic (exact) mass is 720 g/mol. The minimum absolute atomic E-state index is 0.0377. The molecule has 1 aliphatic heterocycles. The third-order valence-corrected chi connectivity index (χ3v) is 8.58. The summed E-state index contributed by atoms with van der Waals surface area (Å²) in [5.74, 6) is -4.68. The number of hydrogen-bond acceptors (Lipinski definition) is 8. The van der Waals surface area contributed by atoms with E-state index >= 15 is 0 Å². The summed E-state index contributed by atoms with van der Waals surface area (Å²) in [6, 6.07) is 12.5. The molecule has 15 nitrogen and oxygen atoms in total. The minimum Gasteiger partial charge on any atom is -0.368 e. The Morgan fingerprint density at radius 3 is 2.06 bits per heavy atom. The smallest absolute Gasteiger partial charge is 0.243 e. The molecule has 1 aliphatic rings. The maximum atomic E-state index is 13.9. The van der Waals surface area contributed by atoms with Crippen LogP contribution < -0.4 is 43.4 Å². The molecular weight excluding hydrogens is 668 g/mol. The normalized spacial score (nSPS) is 21.4. The van der Waals surface area contributed by atoms with Crippen molar-refractivity contribution in [3.05, 3.63) is 71.8 Å². The molecule has 1 fully saturated rings. The van der Waals surface area contributed by atoms with E-state index in [0.29, 0.717) is 24.8 Å². The van der Waals surface area contributed by atoms with E-state index in [0.717, 1.165) is 5.56 Å². The van der Waals surface area contributed by atoms with Gasteiger partial charge in [-0.2, -0.15) is 0 Å². The highest BCUT2D eigenvalue weighted by Gasteiger charge is 2.33. The van der Waals surface area contributed by atoms with Crippen LogP contribution >= 0.6 is 0 Å². The molecule has 0 spiro atoms. The SMILES string of the molecule is CC(C)C[C@@H]1NC(=O)[C@@H](NC(=O)[C@@H](CCc2ccccc2)NC(=O)CN)CCCCNC(=O)C[C@@H](C(N)=O)NC(=O)[C@H](Cc2ccccc2)NC1=O. The van der Waals surface area contributed by atoms with Crippen LogP contribution in [-0.4, -0.2) is 84.6 Å². The molecular formula is C37H52N8O7. The van der Waals surface area contributed by atoms with E-state index in [-0.39, 0.29) is 44.7 Å². The molecule has 1 saturated heterocycles. The van der Waals surface area contributed by atoms with E-state index in [9.17, 15) is 33.6 Å². The first-order chi connectivity index (χ1) is 24.9. The predicted octanol–water partition coefficient (Wildman–Crippen LogP) is -0.534. The van der Waals surface area contributed by atoms with Crippen molar-refractivity contribution in [2.24, 2.45) is 17.4 Å². The van der Waals surface area contributed by atoms with Gasteiger partial charge in [-0.1, -0.05) is 74.5 Å². The second-order valence-corrected chi connectivity index (χ2v) is 13.4. The number of rotatable bonds is 12. The van der Waals surface area contributed by atoms with E-state index < -0.39 is 78.0 Å². The molecule has 0 aliphatic carbocycles. The Labute approximate surface area is 304 Å².